The lowest BCUT2D eigenvalue weighted by atomic mass is 10.3. The molecule has 2 aromatic rings. The Morgan fingerprint density at radius 1 is 1.24 bits per heavy atom. The van der Waals surface area contributed by atoms with Crippen LogP contribution in [0.1, 0.15) is 10.5 Å². The molecular weight excluding hydrogens is 333 g/mol. The summed E-state index contributed by atoms with van der Waals surface area (Å²) in [6, 6.07) is 0.567. The third-order valence-corrected chi connectivity index (χ3v) is 4.94. The summed E-state index contributed by atoms with van der Waals surface area (Å²) in [5.41, 5.74) is -0.938. The second-order valence-electron chi connectivity index (χ2n) is 3.64. The summed E-state index contributed by atoms with van der Waals surface area (Å²) in [6.07, 6.45) is 0. The number of benzene rings is 1. The van der Waals surface area contributed by atoms with Gasteiger partial charge in [0.2, 0.25) is 0 Å². The van der Waals surface area contributed by atoms with E-state index in [2.05, 4.69) is 4.98 Å². The van der Waals surface area contributed by atoms with E-state index in [9.17, 15) is 26.4 Å². The third-order valence-electron chi connectivity index (χ3n) is 2.22. The van der Waals surface area contributed by atoms with Crippen molar-refractivity contribution < 1.29 is 31.5 Å². The number of sulfonamides is 1. The molecule has 0 fully saturated rings. The molecule has 0 aliphatic carbocycles. The number of aromatic nitrogens is 1. The summed E-state index contributed by atoms with van der Waals surface area (Å²) >= 11 is 0.458. The standard InChI is InChI=1S/C10H5F3N2O4S2/c11-4-1-5(12)7(6(13)2-4)15-21(18,19)10-8(9(16)17)14-3-20-10/h1-3,15H,(H,16,17). The van der Waals surface area contributed by atoms with Crippen molar-refractivity contribution in [1.29, 1.82) is 0 Å². The summed E-state index contributed by atoms with van der Waals surface area (Å²) in [5.74, 6) is -5.79. The van der Waals surface area contributed by atoms with Gasteiger partial charge in [0.05, 0.1) is 5.51 Å². The van der Waals surface area contributed by atoms with E-state index in [1.54, 1.807) is 4.72 Å². The number of thiazole rings is 1. The number of carboxylic acid groups (broad SMARTS) is 1. The molecule has 0 radical (unpaired) electrons. The van der Waals surface area contributed by atoms with Gasteiger partial charge in [-0.15, -0.1) is 11.3 Å². The largest absolute Gasteiger partial charge is 0.476 e. The lowest BCUT2D eigenvalue weighted by Crippen LogP contribution is -2.17. The van der Waals surface area contributed by atoms with Crippen LogP contribution in [0.3, 0.4) is 0 Å². The molecule has 21 heavy (non-hydrogen) atoms. The van der Waals surface area contributed by atoms with Gasteiger partial charge in [-0.3, -0.25) is 4.72 Å². The van der Waals surface area contributed by atoms with Crippen molar-refractivity contribution in [2.45, 2.75) is 4.21 Å². The molecule has 11 heteroatoms. The van der Waals surface area contributed by atoms with E-state index in [4.69, 9.17) is 5.11 Å². The van der Waals surface area contributed by atoms with Crippen LogP contribution in [0.5, 0.6) is 0 Å². The summed E-state index contributed by atoms with van der Waals surface area (Å²) in [7, 11) is -4.58. The van der Waals surface area contributed by atoms with Crippen LogP contribution in [0.25, 0.3) is 0 Å². The Labute approximate surface area is 119 Å². The molecule has 2 N–H and O–H groups in total. The first kappa shape index (κ1) is 15.3. The highest BCUT2D eigenvalue weighted by molar-refractivity contribution is 7.94. The molecule has 0 saturated heterocycles. The Morgan fingerprint density at radius 3 is 2.33 bits per heavy atom. The fourth-order valence-electron chi connectivity index (χ4n) is 1.39. The van der Waals surface area contributed by atoms with Crippen LogP contribution in [0, 0.1) is 17.5 Å². The smallest absolute Gasteiger partial charge is 0.356 e. The molecule has 0 spiro atoms. The number of hydrogen-bond acceptors (Lipinski definition) is 5. The molecule has 0 bridgehead atoms. The molecule has 2 rings (SSSR count). The molecule has 0 aliphatic rings. The zero-order valence-corrected chi connectivity index (χ0v) is 11.4. The molecule has 1 aromatic heterocycles. The fourth-order valence-corrected chi connectivity index (χ4v) is 3.61. The van der Waals surface area contributed by atoms with Crippen LogP contribution in [0.2, 0.25) is 0 Å². The number of carbonyl (C=O) groups is 1. The first-order chi connectivity index (χ1) is 9.72. The minimum Gasteiger partial charge on any atom is -0.476 e. The van der Waals surface area contributed by atoms with Gasteiger partial charge in [-0.1, -0.05) is 0 Å². The van der Waals surface area contributed by atoms with Crippen molar-refractivity contribution in [3.63, 3.8) is 0 Å². The van der Waals surface area contributed by atoms with E-state index in [0.717, 1.165) is 5.51 Å². The minimum atomic E-state index is -4.58. The quantitative estimate of drug-likeness (QED) is 0.889. The lowest BCUT2D eigenvalue weighted by Gasteiger charge is -2.09. The van der Waals surface area contributed by atoms with E-state index in [-0.39, 0.29) is 12.1 Å². The van der Waals surface area contributed by atoms with Crippen molar-refractivity contribution in [1.82, 2.24) is 4.98 Å². The van der Waals surface area contributed by atoms with E-state index in [1.165, 1.54) is 0 Å². The van der Waals surface area contributed by atoms with Crippen molar-refractivity contribution in [2.24, 2.45) is 0 Å². The lowest BCUT2D eigenvalue weighted by molar-refractivity contribution is 0.0687. The van der Waals surface area contributed by atoms with Gasteiger partial charge in [-0.05, 0) is 0 Å². The van der Waals surface area contributed by atoms with Gasteiger partial charge in [-0.25, -0.2) is 31.4 Å². The molecule has 0 saturated carbocycles. The first-order valence-electron chi connectivity index (χ1n) is 5.06. The zero-order chi connectivity index (χ0) is 15.8. The Balaban J connectivity index is 2.48. The maximum absolute atomic E-state index is 13.4. The predicted molar refractivity (Wildman–Crippen MR) is 66.2 cm³/mol. The number of aromatic carboxylic acids is 1. The Hall–Kier alpha value is -2.14. The van der Waals surface area contributed by atoms with E-state index in [0.29, 0.717) is 11.3 Å². The van der Waals surface area contributed by atoms with Crippen molar-refractivity contribution >= 4 is 33.0 Å². The number of nitrogens with one attached hydrogen (secondary N) is 1. The van der Waals surface area contributed by atoms with Gasteiger partial charge in [0.15, 0.2) is 21.5 Å². The second-order valence-corrected chi connectivity index (χ2v) is 6.38. The van der Waals surface area contributed by atoms with Crippen molar-refractivity contribution in [3.05, 3.63) is 40.8 Å². The fraction of sp³-hybridized carbons (Fsp3) is 0. The average Bonchev–Trinajstić information content (AvgIpc) is 2.83. The van der Waals surface area contributed by atoms with Gasteiger partial charge >= 0.3 is 5.97 Å². The molecular formula is C10H5F3N2O4S2. The van der Waals surface area contributed by atoms with Crippen LogP contribution < -0.4 is 4.72 Å². The highest BCUT2D eigenvalue weighted by Gasteiger charge is 2.28. The van der Waals surface area contributed by atoms with E-state index >= 15 is 0 Å². The second kappa shape index (κ2) is 5.33. The van der Waals surface area contributed by atoms with Gasteiger partial charge < -0.3 is 5.11 Å². The predicted octanol–water partition coefficient (Wildman–Crippen LogP) is 2.06. The molecule has 0 aliphatic heterocycles. The van der Waals surface area contributed by atoms with Gasteiger partial charge in [0.25, 0.3) is 10.0 Å². The first-order valence-corrected chi connectivity index (χ1v) is 7.43. The maximum atomic E-state index is 13.4. The zero-order valence-electron chi connectivity index (χ0n) is 9.80. The Bertz CT molecular complexity index is 796. The number of rotatable bonds is 4. The molecule has 0 unspecified atom stereocenters. The summed E-state index contributed by atoms with van der Waals surface area (Å²) in [4.78, 5) is 14.1. The maximum Gasteiger partial charge on any atom is 0.356 e. The summed E-state index contributed by atoms with van der Waals surface area (Å²) in [6.45, 7) is 0. The number of nitrogens with zero attached hydrogens (tertiary/aromatic N) is 1. The topological polar surface area (TPSA) is 96.4 Å². The average molecular weight is 338 g/mol. The Morgan fingerprint density at radius 2 is 1.81 bits per heavy atom. The summed E-state index contributed by atoms with van der Waals surface area (Å²) < 4.78 is 64.3. The van der Waals surface area contributed by atoms with E-state index in [1.807, 2.05) is 0 Å². The van der Waals surface area contributed by atoms with Gasteiger partial charge in [0, 0.05) is 12.1 Å². The third kappa shape index (κ3) is 2.97. The number of carboxylic acids is 1. The van der Waals surface area contributed by atoms with Crippen LogP contribution in [-0.4, -0.2) is 24.5 Å². The van der Waals surface area contributed by atoms with Crippen LogP contribution in [0.15, 0.2) is 21.9 Å². The number of hydrogen-bond donors (Lipinski definition) is 2. The SMILES string of the molecule is O=C(O)c1ncsc1S(=O)(=O)Nc1c(F)cc(F)cc1F. The molecule has 0 amide bonds. The number of anilines is 1. The normalized spacial score (nSPS) is 11.4. The van der Waals surface area contributed by atoms with Gasteiger partial charge in [0.1, 0.15) is 11.5 Å². The monoisotopic (exact) mass is 338 g/mol. The molecule has 1 heterocycles. The van der Waals surface area contributed by atoms with Crippen molar-refractivity contribution in [3.8, 4) is 0 Å². The van der Waals surface area contributed by atoms with Gasteiger partial charge in [-0.2, -0.15) is 0 Å². The Kier molecular flexibility index (Phi) is 3.87. The van der Waals surface area contributed by atoms with Crippen LogP contribution in [0.4, 0.5) is 18.9 Å². The van der Waals surface area contributed by atoms with Crippen LogP contribution in [-0.2, 0) is 10.0 Å². The highest BCUT2D eigenvalue weighted by atomic mass is 32.2. The minimum absolute atomic E-state index is 0.283. The molecule has 6 nitrogen and oxygen atoms in total. The van der Waals surface area contributed by atoms with Crippen LogP contribution >= 0.6 is 11.3 Å². The molecule has 1 aromatic carbocycles. The number of halogens is 3. The molecule has 0 atom stereocenters. The van der Waals surface area contributed by atoms with Crippen molar-refractivity contribution in [2.75, 3.05) is 4.72 Å². The molecule has 112 valence electrons. The summed E-state index contributed by atoms with van der Waals surface area (Å²) in [5, 5.41) is 8.78. The highest BCUT2D eigenvalue weighted by Crippen LogP contribution is 2.26. The van der Waals surface area contributed by atoms with E-state index < -0.39 is 49.0 Å².